The van der Waals surface area contributed by atoms with Gasteiger partial charge in [0.1, 0.15) is 0 Å². The van der Waals surface area contributed by atoms with Crippen LogP contribution in [-0.2, 0) is 0 Å². The monoisotopic (exact) mass is 346 g/mol. The number of hydrogen-bond acceptors (Lipinski definition) is 5. The average Bonchev–Trinajstić information content (AvgIpc) is 2.95. The summed E-state index contributed by atoms with van der Waals surface area (Å²) in [5.41, 5.74) is 1.59. The molecule has 0 aliphatic carbocycles. The van der Waals surface area contributed by atoms with Crippen molar-refractivity contribution in [2.24, 2.45) is 0 Å². The van der Waals surface area contributed by atoms with Gasteiger partial charge in [0.25, 0.3) is 5.91 Å². The van der Waals surface area contributed by atoms with Gasteiger partial charge in [-0.3, -0.25) is 10.1 Å². The molecule has 1 aromatic heterocycles. The highest BCUT2D eigenvalue weighted by molar-refractivity contribution is 7.98. The summed E-state index contributed by atoms with van der Waals surface area (Å²) in [6.07, 6.45) is 4.01. The molecule has 2 aromatic carbocycles. The van der Waals surface area contributed by atoms with Crippen LogP contribution >= 0.6 is 34.9 Å². The molecule has 0 spiro atoms. The van der Waals surface area contributed by atoms with Gasteiger partial charge in [-0.25, -0.2) is 4.98 Å². The van der Waals surface area contributed by atoms with Crippen molar-refractivity contribution in [1.82, 2.24) is 4.98 Å². The summed E-state index contributed by atoms with van der Waals surface area (Å²) in [4.78, 5) is 19.1. The number of benzene rings is 2. The third kappa shape index (κ3) is 3.14. The smallest absolute Gasteiger partial charge is 0.258 e. The predicted octanol–water partition coefficient (Wildman–Crippen LogP) is 4.99. The Balaban J connectivity index is 1.87. The van der Waals surface area contributed by atoms with Gasteiger partial charge in [-0.1, -0.05) is 23.5 Å². The lowest BCUT2D eigenvalue weighted by Crippen LogP contribution is -2.12. The number of carbonyl (C=O) groups is 1. The Morgan fingerprint density at radius 2 is 1.95 bits per heavy atom. The number of thioether (sulfide) groups is 2. The maximum Gasteiger partial charge on any atom is 0.258 e. The Morgan fingerprint density at radius 1 is 1.14 bits per heavy atom. The first-order valence-corrected chi connectivity index (χ1v) is 9.87. The predicted molar refractivity (Wildman–Crippen MR) is 97.6 cm³/mol. The molecule has 3 rings (SSSR count). The van der Waals surface area contributed by atoms with Gasteiger partial charge in [0.15, 0.2) is 5.13 Å². The molecule has 0 saturated carbocycles. The van der Waals surface area contributed by atoms with Crippen molar-refractivity contribution in [3.63, 3.8) is 0 Å². The molecule has 0 saturated heterocycles. The quantitative estimate of drug-likeness (QED) is 0.676. The molecule has 0 aliphatic rings. The van der Waals surface area contributed by atoms with E-state index in [1.807, 2.05) is 48.9 Å². The number of anilines is 1. The molecule has 0 aliphatic heterocycles. The van der Waals surface area contributed by atoms with E-state index in [-0.39, 0.29) is 5.91 Å². The molecule has 0 fully saturated rings. The van der Waals surface area contributed by atoms with Crippen molar-refractivity contribution in [2.75, 3.05) is 17.8 Å². The number of amides is 1. The Kier molecular flexibility index (Phi) is 4.71. The molecule has 1 N–H and O–H groups in total. The second-order valence-corrected chi connectivity index (χ2v) is 7.27. The number of nitrogens with zero attached hydrogens (tertiary/aromatic N) is 1. The lowest BCUT2D eigenvalue weighted by Gasteiger charge is -2.05. The first-order valence-electron chi connectivity index (χ1n) is 6.60. The number of rotatable bonds is 4. The second-order valence-electron chi connectivity index (χ2n) is 4.51. The van der Waals surface area contributed by atoms with Gasteiger partial charge in [-0.05, 0) is 42.8 Å². The Hall–Kier alpha value is -1.50. The van der Waals surface area contributed by atoms with Gasteiger partial charge in [-0.15, -0.1) is 23.5 Å². The van der Waals surface area contributed by atoms with E-state index in [4.69, 9.17) is 0 Å². The van der Waals surface area contributed by atoms with Crippen molar-refractivity contribution in [3.8, 4) is 0 Å². The summed E-state index contributed by atoms with van der Waals surface area (Å²) in [6.45, 7) is 0. The molecule has 6 heteroatoms. The summed E-state index contributed by atoms with van der Waals surface area (Å²) in [6, 6.07) is 13.7. The highest BCUT2D eigenvalue weighted by Crippen LogP contribution is 2.30. The normalized spacial score (nSPS) is 10.8. The molecular weight excluding hydrogens is 332 g/mol. The summed E-state index contributed by atoms with van der Waals surface area (Å²) in [7, 11) is 0. The minimum absolute atomic E-state index is 0.117. The second kappa shape index (κ2) is 6.73. The van der Waals surface area contributed by atoms with Crippen LogP contribution in [0.2, 0.25) is 0 Å². The summed E-state index contributed by atoms with van der Waals surface area (Å²) in [5, 5.41) is 3.54. The Morgan fingerprint density at radius 3 is 2.73 bits per heavy atom. The van der Waals surface area contributed by atoms with E-state index >= 15 is 0 Å². The molecule has 0 bridgehead atoms. The maximum atomic E-state index is 12.4. The van der Waals surface area contributed by atoms with Crippen molar-refractivity contribution >= 4 is 56.1 Å². The molecule has 0 radical (unpaired) electrons. The highest BCUT2D eigenvalue weighted by atomic mass is 32.2. The van der Waals surface area contributed by atoms with Gasteiger partial charge in [0.2, 0.25) is 0 Å². The Labute approximate surface area is 141 Å². The number of fused-ring (bicyclic) bond motifs is 1. The van der Waals surface area contributed by atoms with Crippen LogP contribution in [-0.4, -0.2) is 23.4 Å². The first kappa shape index (κ1) is 15.4. The summed E-state index contributed by atoms with van der Waals surface area (Å²) in [5.74, 6) is -0.117. The van der Waals surface area contributed by atoms with Gasteiger partial charge < -0.3 is 0 Å². The summed E-state index contributed by atoms with van der Waals surface area (Å²) < 4.78 is 1.08. The van der Waals surface area contributed by atoms with Crippen LogP contribution in [0, 0.1) is 0 Å². The van der Waals surface area contributed by atoms with E-state index in [9.17, 15) is 4.79 Å². The van der Waals surface area contributed by atoms with Crippen LogP contribution in [0.4, 0.5) is 5.13 Å². The number of aromatic nitrogens is 1. The maximum absolute atomic E-state index is 12.4. The first-order chi connectivity index (χ1) is 10.7. The van der Waals surface area contributed by atoms with Crippen LogP contribution in [0.5, 0.6) is 0 Å². The average molecular weight is 347 g/mol. The fraction of sp³-hybridized carbons (Fsp3) is 0.125. The van der Waals surface area contributed by atoms with E-state index in [0.717, 1.165) is 15.1 Å². The fourth-order valence-corrected chi connectivity index (χ4v) is 4.09. The van der Waals surface area contributed by atoms with E-state index in [1.54, 1.807) is 23.5 Å². The Bertz CT molecular complexity index is 829. The van der Waals surface area contributed by atoms with Crippen LogP contribution in [0.1, 0.15) is 10.4 Å². The van der Waals surface area contributed by atoms with Crippen LogP contribution < -0.4 is 5.32 Å². The largest absolute Gasteiger partial charge is 0.298 e. The molecule has 22 heavy (non-hydrogen) atoms. The molecular formula is C16H14N2OS3. The lowest BCUT2D eigenvalue weighted by molar-refractivity contribution is 0.102. The summed E-state index contributed by atoms with van der Waals surface area (Å²) >= 11 is 4.76. The van der Waals surface area contributed by atoms with Gasteiger partial charge >= 0.3 is 0 Å². The molecule has 112 valence electrons. The zero-order valence-corrected chi connectivity index (χ0v) is 14.6. The van der Waals surface area contributed by atoms with Crippen molar-refractivity contribution in [3.05, 3.63) is 48.0 Å². The van der Waals surface area contributed by atoms with E-state index in [2.05, 4.69) is 16.4 Å². The van der Waals surface area contributed by atoms with Crippen LogP contribution in [0.15, 0.2) is 52.3 Å². The standard InChI is InChI=1S/C16H14N2OS3/c1-20-10-7-8-12-14(9-10)22-16(17-12)18-15(19)11-5-3-4-6-13(11)21-2/h3-9H,1-2H3,(H,17,18,19). The lowest BCUT2D eigenvalue weighted by atomic mass is 10.2. The zero-order chi connectivity index (χ0) is 15.5. The van der Waals surface area contributed by atoms with E-state index < -0.39 is 0 Å². The van der Waals surface area contributed by atoms with Crippen molar-refractivity contribution < 1.29 is 4.79 Å². The van der Waals surface area contributed by atoms with Gasteiger partial charge in [-0.2, -0.15) is 0 Å². The van der Waals surface area contributed by atoms with Crippen molar-refractivity contribution in [1.29, 1.82) is 0 Å². The number of carbonyl (C=O) groups excluding carboxylic acids is 1. The highest BCUT2D eigenvalue weighted by Gasteiger charge is 2.13. The topological polar surface area (TPSA) is 42.0 Å². The number of thiazole rings is 1. The number of nitrogens with one attached hydrogen (secondary N) is 1. The third-order valence-electron chi connectivity index (χ3n) is 3.17. The van der Waals surface area contributed by atoms with Gasteiger partial charge in [0, 0.05) is 9.79 Å². The van der Waals surface area contributed by atoms with Gasteiger partial charge in [0.05, 0.1) is 15.8 Å². The molecule has 3 aromatic rings. The van der Waals surface area contributed by atoms with E-state index in [0.29, 0.717) is 10.7 Å². The minimum Gasteiger partial charge on any atom is -0.298 e. The fourth-order valence-electron chi connectivity index (χ4n) is 2.08. The SMILES string of the molecule is CSc1ccc2nc(NC(=O)c3ccccc3SC)sc2c1. The zero-order valence-electron chi connectivity index (χ0n) is 12.1. The van der Waals surface area contributed by atoms with Crippen LogP contribution in [0.3, 0.4) is 0 Å². The van der Waals surface area contributed by atoms with E-state index in [1.165, 1.54) is 16.2 Å². The minimum atomic E-state index is -0.117. The molecule has 3 nitrogen and oxygen atoms in total. The molecule has 0 unspecified atom stereocenters. The van der Waals surface area contributed by atoms with Crippen molar-refractivity contribution in [2.45, 2.75) is 9.79 Å². The third-order valence-corrected chi connectivity index (χ3v) is 5.62. The molecule has 1 heterocycles. The number of hydrogen-bond donors (Lipinski definition) is 1. The van der Waals surface area contributed by atoms with Crippen LogP contribution in [0.25, 0.3) is 10.2 Å². The molecule has 1 amide bonds. The molecule has 0 atom stereocenters.